The molecule has 0 unspecified atom stereocenters. The molecule has 0 aliphatic carbocycles. The second kappa shape index (κ2) is 5.46. The summed E-state index contributed by atoms with van der Waals surface area (Å²) in [5.41, 5.74) is 0.485. The topological polar surface area (TPSA) is 56.8 Å². The normalized spacial score (nSPS) is 12.9. The van der Waals surface area contributed by atoms with Crippen LogP contribution in [-0.4, -0.2) is 25.4 Å². The molecule has 6 heteroatoms. The van der Waals surface area contributed by atoms with Crippen LogP contribution in [0.4, 0.5) is 5.69 Å². The summed E-state index contributed by atoms with van der Waals surface area (Å²) in [5.74, 6) is 0.889. The maximum atomic E-state index is 11.6. The van der Waals surface area contributed by atoms with Crippen molar-refractivity contribution < 1.29 is 19.0 Å². The van der Waals surface area contributed by atoms with Crippen LogP contribution in [0, 0.1) is 0 Å². The molecule has 1 heterocycles. The molecule has 5 nitrogen and oxygen atoms in total. The largest absolute Gasteiger partial charge is 0.454 e. The molecule has 1 aromatic carbocycles. The van der Waals surface area contributed by atoms with E-state index in [9.17, 15) is 4.79 Å². The molecule has 0 radical (unpaired) electrons. The van der Waals surface area contributed by atoms with Crippen LogP contribution in [0.15, 0.2) is 12.1 Å². The van der Waals surface area contributed by atoms with E-state index in [2.05, 4.69) is 5.32 Å². The molecular weight excluding hydrogens is 258 g/mol. The molecule has 0 atom stereocenters. The third-order valence-electron chi connectivity index (χ3n) is 2.28. The number of ether oxygens (including phenoxy) is 3. The molecule has 0 saturated heterocycles. The van der Waals surface area contributed by atoms with Crippen molar-refractivity contribution in [2.24, 2.45) is 0 Å². The second-order valence-corrected chi connectivity index (χ2v) is 4.50. The Balaban J connectivity index is 2.03. The third kappa shape index (κ3) is 3.05. The van der Waals surface area contributed by atoms with Crippen molar-refractivity contribution in [2.45, 2.75) is 20.0 Å². The summed E-state index contributed by atoms with van der Waals surface area (Å²) in [6.07, 6.45) is 0.00276. The van der Waals surface area contributed by atoms with Gasteiger partial charge in [-0.2, -0.15) is 0 Å². The van der Waals surface area contributed by atoms with Crippen molar-refractivity contribution in [3.8, 4) is 11.5 Å². The number of amides is 1. The highest BCUT2D eigenvalue weighted by Gasteiger charge is 2.17. The summed E-state index contributed by atoms with van der Waals surface area (Å²) in [7, 11) is 0. The van der Waals surface area contributed by atoms with Crippen molar-refractivity contribution >= 4 is 23.2 Å². The van der Waals surface area contributed by atoms with E-state index in [1.165, 1.54) is 0 Å². The fraction of sp³-hybridized carbons (Fsp3) is 0.417. The Hall–Kier alpha value is -1.46. The lowest BCUT2D eigenvalue weighted by Crippen LogP contribution is -2.20. The van der Waals surface area contributed by atoms with Crippen LogP contribution in [-0.2, 0) is 9.53 Å². The first kappa shape index (κ1) is 13.0. The average molecular weight is 272 g/mol. The maximum absolute atomic E-state index is 11.6. The Morgan fingerprint density at radius 3 is 2.78 bits per heavy atom. The molecular formula is C12H14ClNO4. The van der Waals surface area contributed by atoms with Gasteiger partial charge < -0.3 is 19.5 Å². The molecule has 18 heavy (non-hydrogen) atoms. The van der Waals surface area contributed by atoms with Gasteiger partial charge in [0.15, 0.2) is 11.5 Å². The van der Waals surface area contributed by atoms with E-state index in [0.717, 1.165) is 0 Å². The van der Waals surface area contributed by atoms with Gasteiger partial charge in [0.25, 0.3) is 0 Å². The van der Waals surface area contributed by atoms with Gasteiger partial charge in [0.2, 0.25) is 12.7 Å². The molecule has 1 aliphatic rings. The minimum absolute atomic E-state index is 0.00276. The Labute approximate surface area is 110 Å². The SMILES string of the molecule is CC(C)OCC(=O)Nc1cc2c(cc1Cl)OCO2. The molecule has 1 N–H and O–H groups in total. The number of hydrogen-bond acceptors (Lipinski definition) is 4. The van der Waals surface area contributed by atoms with Crippen molar-refractivity contribution in [1.82, 2.24) is 0 Å². The number of benzene rings is 1. The Bertz CT molecular complexity index is 462. The van der Waals surface area contributed by atoms with Crippen molar-refractivity contribution in [3.63, 3.8) is 0 Å². The maximum Gasteiger partial charge on any atom is 0.250 e. The van der Waals surface area contributed by atoms with E-state index < -0.39 is 0 Å². The summed E-state index contributed by atoms with van der Waals surface area (Å²) in [4.78, 5) is 11.6. The highest BCUT2D eigenvalue weighted by atomic mass is 35.5. The summed E-state index contributed by atoms with van der Waals surface area (Å²) < 4.78 is 15.6. The predicted molar refractivity (Wildman–Crippen MR) is 67.3 cm³/mol. The molecule has 0 bridgehead atoms. The number of carbonyl (C=O) groups excluding carboxylic acids is 1. The predicted octanol–water partition coefficient (Wildman–Crippen LogP) is 2.43. The third-order valence-corrected chi connectivity index (χ3v) is 2.60. The number of carbonyl (C=O) groups is 1. The minimum atomic E-state index is -0.260. The number of nitrogens with one attached hydrogen (secondary N) is 1. The zero-order chi connectivity index (χ0) is 13.1. The summed E-state index contributed by atoms with van der Waals surface area (Å²) in [6, 6.07) is 3.25. The number of hydrogen-bond donors (Lipinski definition) is 1. The van der Waals surface area contributed by atoms with Crippen molar-refractivity contribution in [1.29, 1.82) is 0 Å². The van der Waals surface area contributed by atoms with Gasteiger partial charge in [-0.05, 0) is 13.8 Å². The van der Waals surface area contributed by atoms with Crippen LogP contribution in [0.25, 0.3) is 0 Å². The van der Waals surface area contributed by atoms with Crippen LogP contribution in [0.3, 0.4) is 0 Å². The lowest BCUT2D eigenvalue weighted by molar-refractivity contribution is -0.121. The van der Waals surface area contributed by atoms with Gasteiger partial charge in [-0.3, -0.25) is 4.79 Å². The molecule has 0 fully saturated rings. The first-order valence-electron chi connectivity index (χ1n) is 5.57. The monoisotopic (exact) mass is 271 g/mol. The summed E-state index contributed by atoms with van der Waals surface area (Å²) >= 11 is 6.02. The van der Waals surface area contributed by atoms with Crippen LogP contribution in [0.2, 0.25) is 5.02 Å². The standard InChI is InChI=1S/C12H14ClNO4/c1-7(2)16-5-12(15)14-9-4-11-10(3-8(9)13)17-6-18-11/h3-4,7H,5-6H2,1-2H3,(H,14,15). The van der Waals surface area contributed by atoms with Gasteiger partial charge >= 0.3 is 0 Å². The van der Waals surface area contributed by atoms with E-state index in [-0.39, 0.29) is 25.4 Å². The molecule has 1 aliphatic heterocycles. The lowest BCUT2D eigenvalue weighted by atomic mass is 10.2. The zero-order valence-electron chi connectivity index (χ0n) is 10.2. The van der Waals surface area contributed by atoms with Gasteiger partial charge in [-0.15, -0.1) is 0 Å². The van der Waals surface area contributed by atoms with Crippen LogP contribution in [0.5, 0.6) is 11.5 Å². The van der Waals surface area contributed by atoms with Gasteiger partial charge in [0, 0.05) is 12.1 Å². The summed E-state index contributed by atoms with van der Waals surface area (Å²) in [5, 5.41) is 3.06. The first-order valence-corrected chi connectivity index (χ1v) is 5.94. The fourth-order valence-corrected chi connectivity index (χ4v) is 1.64. The highest BCUT2D eigenvalue weighted by molar-refractivity contribution is 6.34. The number of rotatable bonds is 4. The van der Waals surface area contributed by atoms with Crippen molar-refractivity contribution in [3.05, 3.63) is 17.2 Å². The van der Waals surface area contributed by atoms with Gasteiger partial charge in [-0.25, -0.2) is 0 Å². The smallest absolute Gasteiger partial charge is 0.250 e. The Morgan fingerprint density at radius 2 is 2.11 bits per heavy atom. The number of fused-ring (bicyclic) bond motifs is 1. The highest BCUT2D eigenvalue weighted by Crippen LogP contribution is 2.39. The van der Waals surface area contributed by atoms with Crippen LogP contribution < -0.4 is 14.8 Å². The molecule has 98 valence electrons. The van der Waals surface area contributed by atoms with Crippen LogP contribution >= 0.6 is 11.6 Å². The van der Waals surface area contributed by atoms with E-state index >= 15 is 0 Å². The molecule has 1 amide bonds. The summed E-state index contributed by atoms with van der Waals surface area (Å²) in [6.45, 7) is 3.88. The molecule has 0 aromatic heterocycles. The molecule has 0 saturated carbocycles. The van der Waals surface area contributed by atoms with Crippen molar-refractivity contribution in [2.75, 3.05) is 18.7 Å². The lowest BCUT2D eigenvalue weighted by Gasteiger charge is -2.10. The van der Waals surface area contributed by atoms with Crippen LogP contribution in [0.1, 0.15) is 13.8 Å². The van der Waals surface area contributed by atoms with E-state index in [1.54, 1.807) is 12.1 Å². The average Bonchev–Trinajstić information content (AvgIpc) is 2.74. The Morgan fingerprint density at radius 1 is 1.44 bits per heavy atom. The molecule has 0 spiro atoms. The van der Waals surface area contributed by atoms with Gasteiger partial charge in [0.05, 0.1) is 16.8 Å². The Kier molecular flexibility index (Phi) is 3.93. The number of halogens is 1. The van der Waals surface area contributed by atoms with E-state index in [4.69, 9.17) is 25.8 Å². The van der Waals surface area contributed by atoms with Gasteiger partial charge in [-0.1, -0.05) is 11.6 Å². The quantitative estimate of drug-likeness (QED) is 0.914. The van der Waals surface area contributed by atoms with Gasteiger partial charge in [0.1, 0.15) is 6.61 Å². The molecule has 2 rings (SSSR count). The fourth-order valence-electron chi connectivity index (χ4n) is 1.44. The van der Waals surface area contributed by atoms with E-state index in [0.29, 0.717) is 22.2 Å². The molecule has 1 aromatic rings. The minimum Gasteiger partial charge on any atom is -0.454 e. The first-order chi connectivity index (χ1) is 8.56. The second-order valence-electron chi connectivity index (χ2n) is 4.09. The number of anilines is 1. The zero-order valence-corrected chi connectivity index (χ0v) is 10.9. The van der Waals surface area contributed by atoms with E-state index in [1.807, 2.05) is 13.8 Å².